The van der Waals surface area contributed by atoms with Gasteiger partial charge >= 0.3 is 0 Å². The summed E-state index contributed by atoms with van der Waals surface area (Å²) in [6.45, 7) is 3.43. The van der Waals surface area contributed by atoms with E-state index in [0.29, 0.717) is 22.9 Å². The molecule has 0 aliphatic heterocycles. The molecule has 3 heterocycles. The van der Waals surface area contributed by atoms with Crippen molar-refractivity contribution in [1.29, 1.82) is 0 Å². The summed E-state index contributed by atoms with van der Waals surface area (Å²) in [7, 11) is 1.72. The summed E-state index contributed by atoms with van der Waals surface area (Å²) in [6.07, 6.45) is 1.63. The highest BCUT2D eigenvalue weighted by molar-refractivity contribution is 7.17. The Kier molecular flexibility index (Phi) is 5.52. The molecule has 0 aromatic carbocycles. The molecule has 0 saturated carbocycles. The normalized spacial score (nSPS) is 10.6. The molecule has 3 rings (SSSR count). The van der Waals surface area contributed by atoms with Crippen molar-refractivity contribution in [2.75, 3.05) is 5.32 Å². The van der Waals surface area contributed by atoms with Crippen LogP contribution in [0.2, 0.25) is 0 Å². The lowest BCUT2D eigenvalue weighted by molar-refractivity contribution is -0.119. The van der Waals surface area contributed by atoms with E-state index in [2.05, 4.69) is 15.6 Å². The third kappa shape index (κ3) is 4.50. The number of Topliss-reactive ketones (excluding diaryl/α,β-unsaturated/α-hetero) is 1. The molecule has 3 aromatic heterocycles. The zero-order valence-corrected chi connectivity index (χ0v) is 16.7. The van der Waals surface area contributed by atoms with Crippen LogP contribution < -0.4 is 10.6 Å². The Morgan fingerprint density at radius 3 is 2.67 bits per heavy atom. The van der Waals surface area contributed by atoms with Gasteiger partial charge in [0.25, 0.3) is 5.91 Å². The molecule has 3 aromatic rings. The number of hydrogen-bond donors (Lipinski definition) is 2. The molecule has 0 radical (unpaired) electrons. The molecular weight excluding hydrogens is 384 g/mol. The number of hydrogen-bond acceptors (Lipinski definition) is 6. The molecule has 0 saturated heterocycles. The third-order valence-electron chi connectivity index (χ3n) is 3.79. The highest BCUT2D eigenvalue weighted by atomic mass is 32.1. The lowest BCUT2D eigenvalue weighted by atomic mass is 10.2. The predicted octanol–water partition coefficient (Wildman–Crippen LogP) is 3.30. The Balaban J connectivity index is 1.70. The second-order valence-electron chi connectivity index (χ2n) is 5.95. The van der Waals surface area contributed by atoms with Crippen molar-refractivity contribution < 1.29 is 14.4 Å². The van der Waals surface area contributed by atoms with Gasteiger partial charge in [-0.3, -0.25) is 19.7 Å². The van der Waals surface area contributed by atoms with Crippen LogP contribution in [0.1, 0.15) is 39.6 Å². The monoisotopic (exact) mass is 402 g/mol. The molecule has 0 aliphatic rings. The van der Waals surface area contributed by atoms with Crippen LogP contribution in [0, 0.1) is 0 Å². The van der Waals surface area contributed by atoms with Crippen molar-refractivity contribution in [2.24, 2.45) is 7.05 Å². The Labute approximate surface area is 164 Å². The van der Waals surface area contributed by atoms with Gasteiger partial charge in [-0.05, 0) is 25.1 Å². The van der Waals surface area contributed by atoms with Crippen LogP contribution in [0.25, 0.3) is 10.6 Å². The Hall–Kier alpha value is -2.78. The Bertz CT molecular complexity index is 1020. The van der Waals surface area contributed by atoms with Crippen molar-refractivity contribution in [1.82, 2.24) is 14.9 Å². The van der Waals surface area contributed by atoms with Crippen molar-refractivity contribution in [3.8, 4) is 10.6 Å². The molecule has 0 unspecified atom stereocenters. The van der Waals surface area contributed by atoms with Crippen LogP contribution in [0.15, 0.2) is 29.8 Å². The average molecular weight is 403 g/mol. The number of thiophene rings is 1. The number of nitrogens with zero attached hydrogens (tertiary/aromatic N) is 2. The van der Waals surface area contributed by atoms with Crippen LogP contribution in [-0.2, 0) is 18.4 Å². The van der Waals surface area contributed by atoms with Crippen LogP contribution in [0.5, 0.6) is 0 Å². The summed E-state index contributed by atoms with van der Waals surface area (Å²) in [5.41, 5.74) is 1.66. The number of thiazole rings is 1. The van der Waals surface area contributed by atoms with Crippen LogP contribution >= 0.6 is 22.7 Å². The molecule has 7 nitrogen and oxygen atoms in total. The predicted molar refractivity (Wildman–Crippen MR) is 106 cm³/mol. The van der Waals surface area contributed by atoms with Crippen molar-refractivity contribution in [3.63, 3.8) is 0 Å². The first kappa shape index (κ1) is 19.0. The van der Waals surface area contributed by atoms with Crippen molar-refractivity contribution in [3.05, 3.63) is 45.9 Å². The number of rotatable bonds is 6. The maximum atomic E-state index is 12.5. The van der Waals surface area contributed by atoms with Crippen molar-refractivity contribution >= 4 is 45.4 Å². The fourth-order valence-electron chi connectivity index (χ4n) is 2.41. The van der Waals surface area contributed by atoms with Gasteiger partial charge in [0.05, 0.1) is 17.1 Å². The summed E-state index contributed by atoms with van der Waals surface area (Å²) in [4.78, 5) is 41.4. The smallest absolute Gasteiger partial charge is 0.274 e. The fourth-order valence-corrected chi connectivity index (χ4v) is 4.10. The fraction of sp³-hybridized carbons (Fsp3) is 0.222. The molecule has 0 fully saturated rings. The van der Waals surface area contributed by atoms with Gasteiger partial charge < -0.3 is 9.88 Å². The summed E-state index contributed by atoms with van der Waals surface area (Å²) >= 11 is 2.87. The number of amides is 2. The molecule has 0 spiro atoms. The van der Waals surface area contributed by atoms with Gasteiger partial charge in [0.1, 0.15) is 5.69 Å². The van der Waals surface area contributed by atoms with Gasteiger partial charge in [-0.15, -0.1) is 22.7 Å². The highest BCUT2D eigenvalue weighted by Gasteiger charge is 2.16. The van der Waals surface area contributed by atoms with E-state index in [4.69, 9.17) is 0 Å². The molecular formula is C18H18N4O3S2. The summed E-state index contributed by atoms with van der Waals surface area (Å²) < 4.78 is 1.62. The molecule has 0 aliphatic carbocycles. The minimum absolute atomic E-state index is 0.0720. The first-order valence-electron chi connectivity index (χ1n) is 8.11. The second-order valence-corrected chi connectivity index (χ2v) is 7.98. The molecule has 2 amide bonds. The average Bonchev–Trinajstić information content (AvgIpc) is 3.31. The lowest BCUT2D eigenvalue weighted by Crippen LogP contribution is -2.17. The van der Waals surface area contributed by atoms with E-state index in [1.807, 2.05) is 17.5 Å². The minimum Gasteiger partial charge on any atom is -0.351 e. The van der Waals surface area contributed by atoms with E-state index in [9.17, 15) is 14.4 Å². The lowest BCUT2D eigenvalue weighted by Gasteiger charge is -2.02. The van der Waals surface area contributed by atoms with E-state index < -0.39 is 0 Å². The van der Waals surface area contributed by atoms with Crippen LogP contribution in [-0.4, -0.2) is 27.1 Å². The molecule has 0 atom stereocenters. The molecule has 0 bridgehead atoms. The van der Waals surface area contributed by atoms with E-state index in [1.165, 1.54) is 25.2 Å². The minimum atomic E-state index is -0.316. The van der Waals surface area contributed by atoms with Crippen molar-refractivity contribution in [2.45, 2.75) is 20.4 Å². The number of ketones is 1. The number of nitrogens with one attached hydrogen (secondary N) is 2. The summed E-state index contributed by atoms with van der Waals surface area (Å²) in [5, 5.41) is 7.89. The zero-order chi connectivity index (χ0) is 19.6. The van der Waals surface area contributed by atoms with E-state index in [0.717, 1.165) is 15.4 Å². The van der Waals surface area contributed by atoms with Gasteiger partial charge in [-0.2, -0.15) is 0 Å². The number of anilines is 1. The summed E-state index contributed by atoms with van der Waals surface area (Å²) in [5.74, 6) is -0.477. The molecule has 2 N–H and O–H groups in total. The Morgan fingerprint density at radius 2 is 2.00 bits per heavy atom. The van der Waals surface area contributed by atoms with Crippen LogP contribution in [0.3, 0.4) is 0 Å². The number of aryl methyl sites for hydroxylation is 1. The molecule has 140 valence electrons. The van der Waals surface area contributed by atoms with Gasteiger partial charge in [-0.1, -0.05) is 0 Å². The first-order chi connectivity index (χ1) is 12.8. The van der Waals surface area contributed by atoms with E-state index in [1.54, 1.807) is 35.2 Å². The number of carbonyl (C=O) groups excluding carboxylic acids is 3. The molecule has 9 heteroatoms. The van der Waals surface area contributed by atoms with Gasteiger partial charge in [0, 0.05) is 36.0 Å². The van der Waals surface area contributed by atoms with Gasteiger partial charge in [0.15, 0.2) is 10.9 Å². The molecule has 27 heavy (non-hydrogen) atoms. The Morgan fingerprint density at radius 1 is 1.22 bits per heavy atom. The quantitative estimate of drug-likeness (QED) is 0.619. The maximum absolute atomic E-state index is 12.5. The third-order valence-corrected chi connectivity index (χ3v) is 5.66. The van der Waals surface area contributed by atoms with Gasteiger partial charge in [-0.25, -0.2) is 4.98 Å². The van der Waals surface area contributed by atoms with Crippen LogP contribution in [0.4, 0.5) is 5.13 Å². The van der Waals surface area contributed by atoms with E-state index >= 15 is 0 Å². The standard InChI is InChI=1S/C18H18N4O3S2/c1-10(23)12-6-15(22(3)8-12)17(25)21-18-20-14(9-26-18)16-5-4-13(27-16)7-19-11(2)24/h4-6,8-9H,7H2,1-3H3,(H,19,24)(H,20,21,25). The topological polar surface area (TPSA) is 93.1 Å². The largest absolute Gasteiger partial charge is 0.351 e. The van der Waals surface area contributed by atoms with Gasteiger partial charge in [0.2, 0.25) is 5.91 Å². The second kappa shape index (κ2) is 7.85. The number of aromatic nitrogens is 2. The van der Waals surface area contributed by atoms with E-state index in [-0.39, 0.29) is 17.6 Å². The number of carbonyl (C=O) groups is 3. The maximum Gasteiger partial charge on any atom is 0.274 e. The SMILES string of the molecule is CC(=O)NCc1ccc(-c2csc(NC(=O)c3cc(C(C)=O)cn3C)n2)s1. The first-order valence-corrected chi connectivity index (χ1v) is 9.81. The zero-order valence-electron chi connectivity index (χ0n) is 15.0. The highest BCUT2D eigenvalue weighted by Crippen LogP contribution is 2.31. The summed E-state index contributed by atoms with van der Waals surface area (Å²) in [6, 6.07) is 5.46.